The topological polar surface area (TPSA) is 69.5 Å². The first kappa shape index (κ1) is 19.1. The fourth-order valence-corrected chi connectivity index (χ4v) is 4.29. The molecule has 5 rings (SSSR count). The maximum Gasteiger partial charge on any atom is 0.339 e. The standard InChI is InChI=1S/C23H26N4O3/c1-3-27-21-18(11-17(12-24-21)22(28)29-2)25-23(27)26-13-19(15-7-5-4-6-8-15)30-20(14-26)16-9-10-16/h4-8,11-12,16,19-20H,3,9-10,13-14H2,1-2H3/t19-,20+/m0/s1. The Kier molecular flexibility index (Phi) is 4.90. The lowest BCUT2D eigenvalue weighted by Gasteiger charge is -2.39. The third-order valence-corrected chi connectivity index (χ3v) is 6.03. The van der Waals surface area contributed by atoms with Gasteiger partial charge in [-0.15, -0.1) is 0 Å². The fourth-order valence-electron chi connectivity index (χ4n) is 4.29. The minimum absolute atomic E-state index is 0.00857. The number of aromatic nitrogens is 3. The number of carbonyl (C=O) groups excluding carboxylic acids is 1. The maximum atomic E-state index is 11.9. The van der Waals surface area contributed by atoms with E-state index in [1.807, 2.05) is 6.07 Å². The van der Waals surface area contributed by atoms with Crippen molar-refractivity contribution in [2.24, 2.45) is 5.92 Å². The van der Waals surface area contributed by atoms with Crippen molar-refractivity contribution < 1.29 is 14.3 Å². The second kappa shape index (κ2) is 7.72. The van der Waals surface area contributed by atoms with Gasteiger partial charge in [-0.25, -0.2) is 14.8 Å². The Bertz CT molecular complexity index is 1060. The van der Waals surface area contributed by atoms with Crippen LogP contribution in [0.15, 0.2) is 42.6 Å². The largest absolute Gasteiger partial charge is 0.465 e. The number of fused-ring (bicyclic) bond motifs is 1. The predicted octanol–water partition coefficient (Wildman–Crippen LogP) is 3.59. The number of benzene rings is 1. The normalized spacial score (nSPS) is 21.7. The van der Waals surface area contributed by atoms with Crippen molar-refractivity contribution in [3.05, 3.63) is 53.7 Å². The van der Waals surface area contributed by atoms with Crippen molar-refractivity contribution in [2.45, 2.75) is 38.5 Å². The number of hydrogen-bond donors (Lipinski definition) is 0. The van der Waals surface area contributed by atoms with E-state index in [0.29, 0.717) is 17.0 Å². The van der Waals surface area contributed by atoms with Crippen LogP contribution in [0.1, 0.15) is 41.8 Å². The molecule has 7 nitrogen and oxygen atoms in total. The van der Waals surface area contributed by atoms with Crippen LogP contribution in [0.25, 0.3) is 11.2 Å². The number of ether oxygens (including phenoxy) is 2. The molecular formula is C23H26N4O3. The van der Waals surface area contributed by atoms with Gasteiger partial charge in [0.15, 0.2) is 5.65 Å². The molecule has 30 heavy (non-hydrogen) atoms. The van der Waals surface area contributed by atoms with Gasteiger partial charge in [-0.05, 0) is 37.3 Å². The molecule has 0 bridgehead atoms. The highest BCUT2D eigenvalue weighted by Crippen LogP contribution is 2.40. The third-order valence-electron chi connectivity index (χ3n) is 6.03. The molecule has 3 aromatic rings. The second-order valence-corrected chi connectivity index (χ2v) is 8.03. The molecule has 1 saturated carbocycles. The van der Waals surface area contributed by atoms with E-state index < -0.39 is 5.97 Å². The van der Waals surface area contributed by atoms with Gasteiger partial charge >= 0.3 is 5.97 Å². The summed E-state index contributed by atoms with van der Waals surface area (Å²) in [5, 5.41) is 0. The van der Waals surface area contributed by atoms with Gasteiger partial charge in [0.05, 0.1) is 25.3 Å². The molecule has 0 spiro atoms. The van der Waals surface area contributed by atoms with Crippen molar-refractivity contribution in [3.8, 4) is 0 Å². The summed E-state index contributed by atoms with van der Waals surface area (Å²) in [7, 11) is 1.37. The van der Waals surface area contributed by atoms with E-state index in [4.69, 9.17) is 14.5 Å². The predicted molar refractivity (Wildman–Crippen MR) is 114 cm³/mol. The van der Waals surface area contributed by atoms with E-state index in [1.54, 1.807) is 12.3 Å². The Balaban J connectivity index is 1.52. The Labute approximate surface area is 175 Å². The van der Waals surface area contributed by atoms with Gasteiger partial charge in [-0.2, -0.15) is 0 Å². The molecule has 1 aliphatic carbocycles. The van der Waals surface area contributed by atoms with Crippen LogP contribution >= 0.6 is 0 Å². The highest BCUT2D eigenvalue weighted by molar-refractivity contribution is 5.92. The smallest absolute Gasteiger partial charge is 0.339 e. The van der Waals surface area contributed by atoms with E-state index in [1.165, 1.54) is 25.5 Å². The lowest BCUT2D eigenvalue weighted by Crippen LogP contribution is -2.46. The minimum atomic E-state index is -0.402. The van der Waals surface area contributed by atoms with Crippen LogP contribution in [0, 0.1) is 5.92 Å². The van der Waals surface area contributed by atoms with Crippen LogP contribution in [0.5, 0.6) is 0 Å². The Morgan fingerprint density at radius 3 is 2.73 bits per heavy atom. The summed E-state index contributed by atoms with van der Waals surface area (Å²) in [6.07, 6.45) is 4.23. The molecule has 2 aliphatic rings. The van der Waals surface area contributed by atoms with Crippen LogP contribution in [0.3, 0.4) is 0 Å². The summed E-state index contributed by atoms with van der Waals surface area (Å²) in [4.78, 5) is 23.7. The Morgan fingerprint density at radius 1 is 1.23 bits per heavy atom. The lowest BCUT2D eigenvalue weighted by atomic mass is 10.1. The summed E-state index contributed by atoms with van der Waals surface area (Å²) in [6.45, 7) is 4.40. The molecule has 1 saturated heterocycles. The molecule has 2 fully saturated rings. The average Bonchev–Trinajstić information content (AvgIpc) is 3.59. The first-order chi connectivity index (χ1) is 14.7. The number of carbonyl (C=O) groups is 1. The fraction of sp³-hybridized carbons (Fsp3) is 0.435. The summed E-state index contributed by atoms with van der Waals surface area (Å²) in [6, 6.07) is 12.2. The quantitative estimate of drug-likeness (QED) is 0.603. The van der Waals surface area contributed by atoms with Crippen LogP contribution in [0.2, 0.25) is 0 Å². The molecule has 1 aromatic carbocycles. The zero-order chi connectivity index (χ0) is 20.7. The zero-order valence-corrected chi connectivity index (χ0v) is 17.3. The monoisotopic (exact) mass is 406 g/mol. The van der Waals surface area contributed by atoms with Crippen LogP contribution in [-0.4, -0.2) is 46.8 Å². The number of nitrogens with zero attached hydrogens (tertiary/aromatic N) is 4. The summed E-state index contributed by atoms with van der Waals surface area (Å²) < 4.78 is 13.5. The van der Waals surface area contributed by atoms with Gasteiger partial charge in [-0.1, -0.05) is 30.3 Å². The van der Waals surface area contributed by atoms with Crippen molar-refractivity contribution in [1.82, 2.24) is 14.5 Å². The molecule has 0 unspecified atom stereocenters. The summed E-state index contributed by atoms with van der Waals surface area (Å²) >= 11 is 0. The maximum absolute atomic E-state index is 11.9. The van der Waals surface area contributed by atoms with E-state index >= 15 is 0 Å². The molecular weight excluding hydrogens is 380 g/mol. The molecule has 7 heteroatoms. The van der Waals surface area contributed by atoms with E-state index in [2.05, 4.69) is 45.6 Å². The lowest BCUT2D eigenvalue weighted by molar-refractivity contribution is -0.0391. The third kappa shape index (κ3) is 3.43. The van der Waals surface area contributed by atoms with Crippen molar-refractivity contribution in [1.29, 1.82) is 0 Å². The van der Waals surface area contributed by atoms with E-state index in [-0.39, 0.29) is 12.2 Å². The van der Waals surface area contributed by atoms with Gasteiger partial charge in [0.1, 0.15) is 11.6 Å². The molecule has 1 aliphatic heterocycles. The van der Waals surface area contributed by atoms with Gasteiger partial charge < -0.3 is 14.4 Å². The first-order valence-electron chi connectivity index (χ1n) is 10.6. The van der Waals surface area contributed by atoms with Crippen molar-refractivity contribution in [2.75, 3.05) is 25.1 Å². The second-order valence-electron chi connectivity index (χ2n) is 8.03. The Hall–Kier alpha value is -2.93. The average molecular weight is 406 g/mol. The number of imidazole rings is 1. The number of methoxy groups -OCH3 is 1. The zero-order valence-electron chi connectivity index (χ0n) is 17.3. The van der Waals surface area contributed by atoms with E-state index in [9.17, 15) is 4.79 Å². The molecule has 0 amide bonds. The van der Waals surface area contributed by atoms with Crippen LogP contribution in [0.4, 0.5) is 5.95 Å². The van der Waals surface area contributed by atoms with Gasteiger partial charge in [0.2, 0.25) is 5.95 Å². The first-order valence-corrected chi connectivity index (χ1v) is 10.6. The highest BCUT2D eigenvalue weighted by Gasteiger charge is 2.40. The molecule has 2 aromatic heterocycles. The van der Waals surface area contributed by atoms with Crippen LogP contribution in [-0.2, 0) is 16.0 Å². The summed E-state index contributed by atoms with van der Waals surface area (Å²) in [5.74, 6) is 1.11. The number of esters is 1. The highest BCUT2D eigenvalue weighted by atomic mass is 16.5. The van der Waals surface area contributed by atoms with Gasteiger partial charge in [0.25, 0.3) is 0 Å². The molecule has 3 heterocycles. The molecule has 0 radical (unpaired) electrons. The molecule has 156 valence electrons. The SMILES string of the molecule is CCn1c(N2C[C@@H](c3ccccc3)O[C@@H](C3CC3)C2)nc2cc(C(=O)OC)cnc21. The summed E-state index contributed by atoms with van der Waals surface area (Å²) in [5.41, 5.74) is 3.10. The van der Waals surface area contributed by atoms with E-state index in [0.717, 1.165) is 31.2 Å². The Morgan fingerprint density at radius 2 is 2.03 bits per heavy atom. The van der Waals surface area contributed by atoms with Crippen molar-refractivity contribution >= 4 is 23.1 Å². The number of rotatable bonds is 5. The number of pyridine rings is 1. The number of aryl methyl sites for hydroxylation is 1. The minimum Gasteiger partial charge on any atom is -0.465 e. The number of morpholine rings is 1. The van der Waals surface area contributed by atoms with Crippen LogP contribution < -0.4 is 4.90 Å². The molecule has 0 N–H and O–H groups in total. The number of anilines is 1. The van der Waals surface area contributed by atoms with Gasteiger partial charge in [-0.3, -0.25) is 4.57 Å². The number of hydrogen-bond acceptors (Lipinski definition) is 6. The molecule has 2 atom stereocenters. The van der Waals surface area contributed by atoms with Gasteiger partial charge in [0, 0.05) is 19.3 Å². The van der Waals surface area contributed by atoms with Crippen molar-refractivity contribution in [3.63, 3.8) is 0 Å².